The molecule has 1 heterocycles. The zero-order valence-corrected chi connectivity index (χ0v) is 15.5. The van der Waals surface area contributed by atoms with Crippen LogP contribution >= 0.6 is 0 Å². The Bertz CT molecular complexity index is 1050. The van der Waals surface area contributed by atoms with Gasteiger partial charge in [-0.2, -0.15) is 0 Å². The Labute approximate surface area is 161 Å². The van der Waals surface area contributed by atoms with E-state index in [4.69, 9.17) is 9.84 Å². The minimum Gasteiger partial charge on any atom is -0.481 e. The van der Waals surface area contributed by atoms with E-state index in [1.807, 2.05) is 47.9 Å². The summed E-state index contributed by atoms with van der Waals surface area (Å²) in [6.07, 6.45) is 0.508. The maximum atomic E-state index is 12.7. The number of carbonyl (C=O) groups excluding carboxylic acids is 2. The highest BCUT2D eigenvalue weighted by Gasteiger charge is 2.29. The number of carboxylic acids is 1. The van der Waals surface area contributed by atoms with Crippen LogP contribution in [0.4, 0.5) is 0 Å². The van der Waals surface area contributed by atoms with Crippen LogP contribution in [0.2, 0.25) is 0 Å². The number of fused-ring (bicyclic) bond motifs is 1. The third-order valence-corrected chi connectivity index (χ3v) is 4.51. The van der Waals surface area contributed by atoms with Crippen LogP contribution in [0.1, 0.15) is 28.5 Å². The smallest absolute Gasteiger partial charge is 0.381 e. The van der Waals surface area contributed by atoms with E-state index in [0.29, 0.717) is 29.6 Å². The lowest BCUT2D eigenvalue weighted by Gasteiger charge is -2.10. The molecular weight excluding hydrogens is 360 g/mol. The number of rotatable bonds is 8. The molecule has 0 aliphatic carbocycles. The largest absolute Gasteiger partial charge is 0.481 e. The zero-order valence-electron chi connectivity index (χ0n) is 15.5. The fourth-order valence-electron chi connectivity index (χ4n) is 3.38. The first-order chi connectivity index (χ1) is 13.4. The van der Waals surface area contributed by atoms with Crippen LogP contribution in [-0.2, 0) is 22.6 Å². The zero-order chi connectivity index (χ0) is 20.3. The highest BCUT2D eigenvalue weighted by atomic mass is 16.5. The second-order valence-corrected chi connectivity index (χ2v) is 6.33. The molecule has 2 aromatic carbocycles. The predicted molar refractivity (Wildman–Crippen MR) is 102 cm³/mol. The molecule has 0 aliphatic rings. The van der Waals surface area contributed by atoms with Crippen molar-refractivity contribution in [1.82, 2.24) is 4.57 Å². The number of carbonyl (C=O) groups is 3. The monoisotopic (exact) mass is 381 g/mol. The Morgan fingerprint density at radius 1 is 1.07 bits per heavy atom. The molecule has 7 heteroatoms. The molecule has 3 rings (SSSR count). The van der Waals surface area contributed by atoms with Gasteiger partial charge in [-0.25, -0.2) is 9.59 Å². The fraction of sp³-hybridized carbons (Fsp3) is 0.190. The highest BCUT2D eigenvalue weighted by Crippen LogP contribution is 2.35. The molecule has 0 fully saturated rings. The fourth-order valence-corrected chi connectivity index (χ4v) is 3.38. The summed E-state index contributed by atoms with van der Waals surface area (Å²) in [4.78, 5) is 35.4. The van der Waals surface area contributed by atoms with Gasteiger partial charge in [-0.05, 0) is 24.1 Å². The number of carboxylic acid groups (broad SMARTS) is 1. The van der Waals surface area contributed by atoms with Gasteiger partial charge in [0.05, 0.1) is 16.5 Å². The lowest BCUT2D eigenvalue weighted by atomic mass is 10.0. The van der Waals surface area contributed by atoms with Gasteiger partial charge >= 0.3 is 11.9 Å². The quantitative estimate of drug-likeness (QED) is 0.455. The second kappa shape index (κ2) is 8.06. The summed E-state index contributed by atoms with van der Waals surface area (Å²) < 4.78 is 7.38. The third-order valence-electron chi connectivity index (χ3n) is 4.51. The summed E-state index contributed by atoms with van der Waals surface area (Å²) >= 11 is 0. The first kappa shape index (κ1) is 19.3. The molecule has 0 atom stereocenters. The molecule has 1 amide bonds. The third kappa shape index (κ3) is 3.65. The Morgan fingerprint density at radius 3 is 2.39 bits per heavy atom. The summed E-state index contributed by atoms with van der Waals surface area (Å²) in [5.41, 5.74) is 5.91. The van der Waals surface area contributed by atoms with Gasteiger partial charge in [0, 0.05) is 12.2 Å². The minimum atomic E-state index is -1.13. The maximum Gasteiger partial charge on any atom is 0.381 e. The van der Waals surface area contributed by atoms with Crippen LogP contribution in [-0.4, -0.2) is 33.9 Å². The number of ether oxygens (including phenoxy) is 1. The van der Waals surface area contributed by atoms with Crippen molar-refractivity contribution in [3.63, 3.8) is 0 Å². The molecule has 0 saturated carbocycles. The van der Waals surface area contributed by atoms with Crippen LogP contribution in [0.15, 0.2) is 48.5 Å². The number of nitrogens with zero attached hydrogens (tertiary/aromatic N) is 1. The minimum absolute atomic E-state index is 0.231. The van der Waals surface area contributed by atoms with Crippen LogP contribution < -0.4 is 10.5 Å². The number of aromatic nitrogens is 1. The number of Topliss-reactive ketones (excluding diaryl/α,β-unsaturated/α-hetero) is 1. The number of aliphatic carboxylic acids is 1. The molecule has 1 aromatic heterocycles. The number of hydrogen-bond donors (Lipinski definition) is 2. The first-order valence-electron chi connectivity index (χ1n) is 8.87. The van der Waals surface area contributed by atoms with E-state index < -0.39 is 24.3 Å². The van der Waals surface area contributed by atoms with E-state index in [0.717, 1.165) is 5.56 Å². The van der Waals surface area contributed by atoms with Crippen LogP contribution in [0, 0.1) is 0 Å². The Kier molecular flexibility index (Phi) is 5.56. The topological polar surface area (TPSA) is 113 Å². The van der Waals surface area contributed by atoms with Crippen LogP contribution in [0.25, 0.3) is 10.9 Å². The molecule has 0 unspecified atom stereocenters. The number of amides is 1. The van der Waals surface area contributed by atoms with E-state index in [-0.39, 0.29) is 11.3 Å². The van der Waals surface area contributed by atoms with Gasteiger partial charge in [0.25, 0.3) is 5.78 Å². The number of benzene rings is 2. The molecular formula is C21H21N2O5+. The van der Waals surface area contributed by atoms with Crippen molar-refractivity contribution in [3.05, 3.63) is 65.4 Å². The van der Waals surface area contributed by atoms with Crippen LogP contribution in [0.5, 0.6) is 5.75 Å². The average Bonchev–Trinajstić information content (AvgIpc) is 3.00. The van der Waals surface area contributed by atoms with E-state index in [9.17, 15) is 14.4 Å². The van der Waals surface area contributed by atoms with Crippen molar-refractivity contribution in [3.8, 4) is 5.75 Å². The van der Waals surface area contributed by atoms with Gasteiger partial charge in [-0.3, -0.25) is 10.5 Å². The average molecular weight is 381 g/mol. The van der Waals surface area contributed by atoms with Crippen molar-refractivity contribution in [2.75, 3.05) is 6.61 Å². The Balaban J connectivity index is 2.27. The molecule has 28 heavy (non-hydrogen) atoms. The molecule has 0 bridgehead atoms. The molecule has 0 radical (unpaired) electrons. The summed E-state index contributed by atoms with van der Waals surface area (Å²) in [6.45, 7) is 1.86. The molecule has 7 nitrogen and oxygen atoms in total. The van der Waals surface area contributed by atoms with Gasteiger partial charge in [0.1, 0.15) is 5.75 Å². The molecule has 3 aromatic rings. The van der Waals surface area contributed by atoms with Gasteiger partial charge in [-0.15, -0.1) is 0 Å². The first-order valence-corrected chi connectivity index (χ1v) is 8.87. The predicted octanol–water partition coefficient (Wildman–Crippen LogP) is 1.67. The van der Waals surface area contributed by atoms with E-state index in [2.05, 4.69) is 5.73 Å². The number of hydrogen-bond acceptors (Lipinski definition) is 4. The van der Waals surface area contributed by atoms with Gasteiger partial charge < -0.3 is 14.4 Å². The molecule has 4 N–H and O–H groups in total. The van der Waals surface area contributed by atoms with Crippen molar-refractivity contribution < 1.29 is 30.0 Å². The van der Waals surface area contributed by atoms with Gasteiger partial charge in [-0.1, -0.05) is 43.3 Å². The van der Waals surface area contributed by atoms with Crippen molar-refractivity contribution in [1.29, 1.82) is 0 Å². The molecule has 144 valence electrons. The van der Waals surface area contributed by atoms with Crippen molar-refractivity contribution in [2.45, 2.75) is 19.9 Å². The van der Waals surface area contributed by atoms with Crippen molar-refractivity contribution >= 4 is 28.6 Å². The SMILES string of the molecule is CCc1c(C(=O)C([NH3+])=O)c2c(OCC(=O)O)cccc2n1Cc1ccccc1. The summed E-state index contributed by atoms with van der Waals surface area (Å²) in [5, 5.41) is 9.40. The lowest BCUT2D eigenvalue weighted by molar-refractivity contribution is -0.296. The van der Waals surface area contributed by atoms with E-state index in [1.165, 1.54) is 0 Å². The Morgan fingerprint density at radius 2 is 1.79 bits per heavy atom. The highest BCUT2D eigenvalue weighted by molar-refractivity contribution is 6.42. The maximum absolute atomic E-state index is 12.7. The summed E-state index contributed by atoms with van der Waals surface area (Å²) in [7, 11) is 0. The number of ketones is 1. The second-order valence-electron chi connectivity index (χ2n) is 6.33. The van der Waals surface area contributed by atoms with E-state index in [1.54, 1.807) is 12.1 Å². The van der Waals surface area contributed by atoms with E-state index >= 15 is 0 Å². The molecule has 0 aliphatic heterocycles. The summed E-state index contributed by atoms with van der Waals surface area (Å²) in [6, 6.07) is 14.9. The van der Waals surface area contributed by atoms with Gasteiger partial charge in [0.2, 0.25) is 0 Å². The standard InChI is InChI=1S/C21H20N2O5/c1-2-14-19(20(26)21(22)27)18-15(9-6-10-16(18)28-12-17(24)25)23(14)11-13-7-4-3-5-8-13/h3-10H,2,11-12H2,1H3,(H2,22,27)(H,24,25)/p+1. The van der Waals surface area contributed by atoms with Crippen LogP contribution in [0.3, 0.4) is 0 Å². The summed E-state index contributed by atoms with van der Waals surface area (Å²) in [5.74, 6) is -2.40. The molecule has 0 spiro atoms. The van der Waals surface area contributed by atoms with Crippen molar-refractivity contribution in [2.24, 2.45) is 0 Å². The van der Waals surface area contributed by atoms with Gasteiger partial charge in [0.15, 0.2) is 6.61 Å². The Hall–Kier alpha value is -3.45. The number of quaternary nitrogens is 1. The lowest BCUT2D eigenvalue weighted by Crippen LogP contribution is -2.60. The normalized spacial score (nSPS) is 10.8. The molecule has 0 saturated heterocycles.